The first-order valence-electron chi connectivity index (χ1n) is 6.38. The fraction of sp³-hybridized carbons (Fsp3) is 0.200. The van der Waals surface area contributed by atoms with Crippen LogP contribution in [-0.4, -0.2) is 16.6 Å². The molecule has 5 heteroatoms. The van der Waals surface area contributed by atoms with E-state index in [1.807, 2.05) is 42.2 Å². The number of phenolic OH excluding ortho intramolecular Hbond substituents is 1. The maximum atomic E-state index is 10.7. The summed E-state index contributed by atoms with van der Waals surface area (Å²) in [4.78, 5) is 12.1. The van der Waals surface area contributed by atoms with E-state index in [-0.39, 0.29) is 11.4 Å². The molecule has 0 unspecified atom stereocenters. The Morgan fingerprint density at radius 3 is 2.45 bits per heavy atom. The molecule has 2 aromatic carbocycles. The van der Waals surface area contributed by atoms with E-state index >= 15 is 0 Å². The van der Waals surface area contributed by atoms with Gasteiger partial charge in [0.25, 0.3) is 0 Å². The third-order valence-corrected chi connectivity index (χ3v) is 3.12. The highest BCUT2D eigenvalue weighted by Gasteiger charge is 2.15. The maximum absolute atomic E-state index is 10.7. The molecular weight excluding hydrogens is 256 g/mol. The summed E-state index contributed by atoms with van der Waals surface area (Å²) >= 11 is 0. The summed E-state index contributed by atoms with van der Waals surface area (Å²) in [6.07, 6.45) is 0. The van der Waals surface area contributed by atoms with Crippen LogP contribution in [0.3, 0.4) is 0 Å². The van der Waals surface area contributed by atoms with Crippen LogP contribution in [0, 0.1) is 10.1 Å². The van der Waals surface area contributed by atoms with Crippen LogP contribution >= 0.6 is 0 Å². The Labute approximate surface area is 117 Å². The average Bonchev–Trinajstić information content (AvgIpc) is 2.45. The Morgan fingerprint density at radius 2 is 1.90 bits per heavy atom. The minimum Gasteiger partial charge on any atom is -0.502 e. The van der Waals surface area contributed by atoms with Crippen molar-refractivity contribution in [2.75, 3.05) is 11.4 Å². The number of aromatic hydroxyl groups is 1. The van der Waals surface area contributed by atoms with E-state index < -0.39 is 4.92 Å². The third kappa shape index (κ3) is 3.06. The monoisotopic (exact) mass is 272 g/mol. The van der Waals surface area contributed by atoms with Crippen molar-refractivity contribution in [3.63, 3.8) is 0 Å². The van der Waals surface area contributed by atoms with Crippen LogP contribution < -0.4 is 4.90 Å². The van der Waals surface area contributed by atoms with Gasteiger partial charge in [-0.3, -0.25) is 10.1 Å². The minimum atomic E-state index is -0.591. The standard InChI is InChI=1S/C15H16N2O3/c1-2-16(11-12-6-4-3-5-7-12)13-8-9-14(17(19)20)15(18)10-13/h3-10,18H,2,11H2,1H3. The molecule has 5 nitrogen and oxygen atoms in total. The summed E-state index contributed by atoms with van der Waals surface area (Å²) in [5.74, 6) is -0.306. The predicted octanol–water partition coefficient (Wildman–Crippen LogP) is 3.33. The lowest BCUT2D eigenvalue weighted by molar-refractivity contribution is -0.385. The van der Waals surface area contributed by atoms with Gasteiger partial charge in [-0.25, -0.2) is 0 Å². The molecule has 0 aromatic heterocycles. The van der Waals surface area contributed by atoms with E-state index in [9.17, 15) is 15.2 Å². The summed E-state index contributed by atoms with van der Waals surface area (Å²) in [5, 5.41) is 20.4. The van der Waals surface area contributed by atoms with Gasteiger partial charge in [0.2, 0.25) is 0 Å². The topological polar surface area (TPSA) is 66.6 Å². The summed E-state index contributed by atoms with van der Waals surface area (Å²) < 4.78 is 0. The number of nitro benzene ring substituents is 1. The molecule has 0 fully saturated rings. The summed E-state index contributed by atoms with van der Waals surface area (Å²) in [7, 11) is 0. The molecule has 2 aromatic rings. The molecule has 0 aliphatic heterocycles. The summed E-state index contributed by atoms with van der Waals surface area (Å²) in [6.45, 7) is 3.43. The Bertz CT molecular complexity index is 599. The third-order valence-electron chi connectivity index (χ3n) is 3.12. The van der Waals surface area contributed by atoms with Crippen molar-refractivity contribution in [1.29, 1.82) is 0 Å². The Balaban J connectivity index is 2.24. The molecule has 0 radical (unpaired) electrons. The zero-order valence-corrected chi connectivity index (χ0v) is 11.2. The van der Waals surface area contributed by atoms with Crippen LogP contribution in [0.5, 0.6) is 5.75 Å². The molecule has 20 heavy (non-hydrogen) atoms. The first-order valence-corrected chi connectivity index (χ1v) is 6.38. The van der Waals surface area contributed by atoms with Gasteiger partial charge in [-0.2, -0.15) is 0 Å². The van der Waals surface area contributed by atoms with Crippen LogP contribution in [-0.2, 0) is 6.54 Å². The average molecular weight is 272 g/mol. The molecule has 0 heterocycles. The molecule has 0 atom stereocenters. The van der Waals surface area contributed by atoms with Gasteiger partial charge >= 0.3 is 5.69 Å². The lowest BCUT2D eigenvalue weighted by Gasteiger charge is -2.23. The van der Waals surface area contributed by atoms with Gasteiger partial charge in [0.1, 0.15) is 0 Å². The second-order valence-electron chi connectivity index (χ2n) is 4.43. The number of nitrogens with zero attached hydrogens (tertiary/aromatic N) is 2. The molecule has 1 N–H and O–H groups in total. The van der Waals surface area contributed by atoms with Crippen molar-refractivity contribution in [2.45, 2.75) is 13.5 Å². The van der Waals surface area contributed by atoms with E-state index in [1.165, 1.54) is 12.1 Å². The van der Waals surface area contributed by atoms with Crippen LogP contribution in [0.25, 0.3) is 0 Å². The first-order chi connectivity index (χ1) is 9.61. The summed E-state index contributed by atoms with van der Waals surface area (Å²) in [6, 6.07) is 14.4. The molecule has 0 spiro atoms. The fourth-order valence-electron chi connectivity index (χ4n) is 2.05. The van der Waals surface area contributed by atoms with Gasteiger partial charge in [0.05, 0.1) is 4.92 Å². The normalized spacial score (nSPS) is 10.2. The van der Waals surface area contributed by atoms with Gasteiger partial charge in [-0.05, 0) is 18.6 Å². The maximum Gasteiger partial charge on any atom is 0.310 e. The molecule has 104 valence electrons. The molecular formula is C15H16N2O3. The fourth-order valence-corrected chi connectivity index (χ4v) is 2.05. The Hall–Kier alpha value is -2.56. The predicted molar refractivity (Wildman–Crippen MR) is 77.9 cm³/mol. The highest BCUT2D eigenvalue weighted by Crippen LogP contribution is 2.30. The van der Waals surface area contributed by atoms with E-state index in [4.69, 9.17) is 0 Å². The van der Waals surface area contributed by atoms with Crippen LogP contribution in [0.15, 0.2) is 48.5 Å². The Morgan fingerprint density at radius 1 is 1.20 bits per heavy atom. The van der Waals surface area contributed by atoms with E-state index in [1.54, 1.807) is 6.07 Å². The number of anilines is 1. The highest BCUT2D eigenvalue weighted by atomic mass is 16.6. The molecule has 0 aliphatic carbocycles. The van der Waals surface area contributed by atoms with E-state index in [0.29, 0.717) is 6.54 Å². The lowest BCUT2D eigenvalue weighted by Crippen LogP contribution is -2.21. The number of rotatable bonds is 5. The van der Waals surface area contributed by atoms with Crippen molar-refractivity contribution >= 4 is 11.4 Å². The van der Waals surface area contributed by atoms with Gasteiger partial charge in [-0.1, -0.05) is 30.3 Å². The minimum absolute atomic E-state index is 0.274. The number of phenols is 1. The number of benzene rings is 2. The zero-order chi connectivity index (χ0) is 14.5. The first kappa shape index (κ1) is 13.9. The smallest absolute Gasteiger partial charge is 0.310 e. The van der Waals surface area contributed by atoms with Gasteiger partial charge < -0.3 is 10.0 Å². The van der Waals surface area contributed by atoms with Gasteiger partial charge in [-0.15, -0.1) is 0 Å². The number of hydrogen-bond donors (Lipinski definition) is 1. The Kier molecular flexibility index (Phi) is 4.20. The van der Waals surface area contributed by atoms with Crippen LogP contribution in [0.4, 0.5) is 11.4 Å². The molecule has 0 saturated heterocycles. The van der Waals surface area contributed by atoms with E-state index in [0.717, 1.165) is 17.8 Å². The quantitative estimate of drug-likeness (QED) is 0.669. The van der Waals surface area contributed by atoms with Crippen LogP contribution in [0.2, 0.25) is 0 Å². The zero-order valence-electron chi connectivity index (χ0n) is 11.2. The van der Waals surface area contributed by atoms with Crippen molar-refractivity contribution in [3.05, 3.63) is 64.2 Å². The molecule has 0 saturated carbocycles. The molecule has 2 rings (SSSR count). The highest BCUT2D eigenvalue weighted by molar-refractivity contribution is 5.58. The van der Waals surface area contributed by atoms with Gasteiger partial charge in [0.15, 0.2) is 5.75 Å². The van der Waals surface area contributed by atoms with Crippen molar-refractivity contribution in [2.24, 2.45) is 0 Å². The SMILES string of the molecule is CCN(Cc1ccccc1)c1ccc([N+](=O)[O-])c(O)c1. The molecule has 0 aliphatic rings. The largest absolute Gasteiger partial charge is 0.502 e. The summed E-state index contributed by atoms with van der Waals surface area (Å²) in [5.41, 5.74) is 1.64. The molecule has 0 bridgehead atoms. The van der Waals surface area contributed by atoms with Crippen molar-refractivity contribution in [1.82, 2.24) is 0 Å². The van der Waals surface area contributed by atoms with Crippen molar-refractivity contribution < 1.29 is 10.0 Å². The van der Waals surface area contributed by atoms with Crippen LogP contribution in [0.1, 0.15) is 12.5 Å². The molecule has 0 amide bonds. The second kappa shape index (κ2) is 6.06. The lowest BCUT2D eigenvalue weighted by atomic mass is 10.2. The van der Waals surface area contributed by atoms with Gasteiger partial charge in [0, 0.05) is 30.9 Å². The van der Waals surface area contributed by atoms with E-state index in [2.05, 4.69) is 0 Å². The number of nitro groups is 1. The second-order valence-corrected chi connectivity index (χ2v) is 4.43. The number of hydrogen-bond acceptors (Lipinski definition) is 4. The van der Waals surface area contributed by atoms with Crippen molar-refractivity contribution in [3.8, 4) is 5.75 Å².